The fourth-order valence-corrected chi connectivity index (χ4v) is 5.31. The first kappa shape index (κ1) is 19.6. The Bertz CT molecular complexity index is 1130. The van der Waals surface area contributed by atoms with Gasteiger partial charge in [-0.3, -0.25) is 14.3 Å². The molecule has 1 saturated heterocycles. The Morgan fingerprint density at radius 1 is 1.13 bits per heavy atom. The highest BCUT2D eigenvalue weighted by Gasteiger charge is 2.35. The predicted molar refractivity (Wildman–Crippen MR) is 118 cm³/mol. The lowest BCUT2D eigenvalue weighted by molar-refractivity contribution is -0.134. The highest BCUT2D eigenvalue weighted by molar-refractivity contribution is 7.20. The summed E-state index contributed by atoms with van der Waals surface area (Å²) in [6.07, 6.45) is 2.04. The van der Waals surface area contributed by atoms with Crippen molar-refractivity contribution in [2.75, 3.05) is 26.2 Å². The molecule has 3 aromatic rings. The van der Waals surface area contributed by atoms with Gasteiger partial charge in [-0.15, -0.1) is 11.3 Å². The minimum atomic E-state index is 0.0402. The minimum absolute atomic E-state index is 0.0402. The normalized spacial score (nSPS) is 17.0. The molecule has 5 rings (SSSR count). The van der Waals surface area contributed by atoms with Crippen LogP contribution in [0.3, 0.4) is 0 Å². The predicted octanol–water partition coefficient (Wildman–Crippen LogP) is 3.80. The molecule has 8 heteroatoms. The van der Waals surface area contributed by atoms with E-state index < -0.39 is 0 Å². The first-order valence-corrected chi connectivity index (χ1v) is 11.5. The number of aromatic nitrogens is 2. The second-order valence-electron chi connectivity index (χ2n) is 8.06. The lowest BCUT2D eigenvalue weighted by atomic mass is 10.2. The van der Waals surface area contributed by atoms with Gasteiger partial charge in [0.2, 0.25) is 5.91 Å². The number of halogens is 1. The lowest BCUT2D eigenvalue weighted by Gasteiger charge is -2.34. The standard InChI is InChI=1S/C22H23ClN4O2S/c1-14-17-12-19(21(29)26-10-8-25(9-11-26)20(28)15-6-7-15)30-22(17)27(24-14)13-16-4-2-3-5-18(16)23/h2-5,12,15H,6-11,13H2,1H3. The minimum Gasteiger partial charge on any atom is -0.339 e. The molecule has 3 heterocycles. The summed E-state index contributed by atoms with van der Waals surface area (Å²) < 4.78 is 1.93. The molecule has 0 unspecified atom stereocenters. The molecule has 2 amide bonds. The average Bonchev–Trinajstić information content (AvgIpc) is 3.44. The summed E-state index contributed by atoms with van der Waals surface area (Å²) in [7, 11) is 0. The zero-order valence-electron chi connectivity index (χ0n) is 16.8. The number of piperazine rings is 1. The van der Waals surface area contributed by atoms with E-state index in [2.05, 4.69) is 5.10 Å². The summed E-state index contributed by atoms with van der Waals surface area (Å²) in [5, 5.41) is 6.38. The molecular weight excluding hydrogens is 420 g/mol. The second kappa shape index (κ2) is 7.71. The maximum absolute atomic E-state index is 13.1. The van der Waals surface area contributed by atoms with E-state index in [-0.39, 0.29) is 17.7 Å². The van der Waals surface area contributed by atoms with Crippen molar-refractivity contribution < 1.29 is 9.59 Å². The van der Waals surface area contributed by atoms with Crippen LogP contribution in [0.15, 0.2) is 30.3 Å². The Balaban J connectivity index is 1.33. The monoisotopic (exact) mass is 442 g/mol. The number of rotatable bonds is 4. The summed E-state index contributed by atoms with van der Waals surface area (Å²) >= 11 is 7.80. The van der Waals surface area contributed by atoms with Gasteiger partial charge in [0.05, 0.1) is 17.1 Å². The number of fused-ring (bicyclic) bond motifs is 1. The van der Waals surface area contributed by atoms with Crippen LogP contribution in [0.25, 0.3) is 10.2 Å². The molecule has 2 aliphatic rings. The molecule has 1 aromatic carbocycles. The number of carbonyl (C=O) groups is 2. The van der Waals surface area contributed by atoms with Gasteiger partial charge in [0.15, 0.2) is 0 Å². The molecule has 156 valence electrons. The van der Waals surface area contributed by atoms with Crippen molar-refractivity contribution >= 4 is 45.0 Å². The highest BCUT2D eigenvalue weighted by Crippen LogP contribution is 2.32. The highest BCUT2D eigenvalue weighted by atomic mass is 35.5. The van der Waals surface area contributed by atoms with Gasteiger partial charge in [-0.25, -0.2) is 0 Å². The van der Waals surface area contributed by atoms with E-state index in [4.69, 9.17) is 11.6 Å². The number of aryl methyl sites for hydroxylation is 1. The molecule has 0 radical (unpaired) electrons. The van der Waals surface area contributed by atoms with Crippen LogP contribution in [-0.2, 0) is 11.3 Å². The molecule has 0 spiro atoms. The van der Waals surface area contributed by atoms with Crippen LogP contribution in [0, 0.1) is 12.8 Å². The third kappa shape index (κ3) is 3.61. The van der Waals surface area contributed by atoms with Gasteiger partial charge in [-0.05, 0) is 37.5 Å². The van der Waals surface area contributed by atoms with Crippen molar-refractivity contribution in [1.29, 1.82) is 0 Å². The van der Waals surface area contributed by atoms with Gasteiger partial charge < -0.3 is 9.80 Å². The van der Waals surface area contributed by atoms with Crippen LogP contribution < -0.4 is 0 Å². The lowest BCUT2D eigenvalue weighted by Crippen LogP contribution is -2.50. The first-order chi connectivity index (χ1) is 14.5. The van der Waals surface area contributed by atoms with E-state index >= 15 is 0 Å². The third-order valence-electron chi connectivity index (χ3n) is 5.90. The Morgan fingerprint density at radius 3 is 2.53 bits per heavy atom. The van der Waals surface area contributed by atoms with Crippen LogP contribution in [0.4, 0.5) is 0 Å². The van der Waals surface area contributed by atoms with E-state index in [9.17, 15) is 9.59 Å². The van der Waals surface area contributed by atoms with Gasteiger partial charge in [-0.2, -0.15) is 5.10 Å². The number of thiophene rings is 1. The Hall–Kier alpha value is -2.38. The van der Waals surface area contributed by atoms with E-state index in [0.717, 1.165) is 39.2 Å². The number of hydrogen-bond donors (Lipinski definition) is 0. The van der Waals surface area contributed by atoms with Gasteiger partial charge in [-0.1, -0.05) is 29.8 Å². The largest absolute Gasteiger partial charge is 0.339 e. The Morgan fingerprint density at radius 2 is 1.83 bits per heavy atom. The summed E-state index contributed by atoms with van der Waals surface area (Å²) in [5.74, 6) is 0.538. The molecule has 30 heavy (non-hydrogen) atoms. The zero-order valence-corrected chi connectivity index (χ0v) is 18.4. The van der Waals surface area contributed by atoms with Crippen molar-refractivity contribution in [3.8, 4) is 0 Å². The molecule has 2 fully saturated rings. The zero-order chi connectivity index (χ0) is 20.8. The summed E-state index contributed by atoms with van der Waals surface area (Å²) in [4.78, 5) is 30.8. The van der Waals surface area contributed by atoms with Crippen molar-refractivity contribution in [2.45, 2.75) is 26.3 Å². The Kier molecular flexibility index (Phi) is 5.03. The van der Waals surface area contributed by atoms with Gasteiger partial charge in [0.1, 0.15) is 4.83 Å². The first-order valence-electron chi connectivity index (χ1n) is 10.3. The van der Waals surface area contributed by atoms with Crippen LogP contribution in [-0.4, -0.2) is 57.6 Å². The molecule has 0 atom stereocenters. The Labute approximate surface area is 184 Å². The quantitative estimate of drug-likeness (QED) is 0.617. The van der Waals surface area contributed by atoms with Gasteiger partial charge in [0.25, 0.3) is 5.91 Å². The molecule has 6 nitrogen and oxygen atoms in total. The smallest absolute Gasteiger partial charge is 0.264 e. The van der Waals surface area contributed by atoms with Crippen molar-refractivity contribution in [3.63, 3.8) is 0 Å². The van der Waals surface area contributed by atoms with E-state index in [1.165, 1.54) is 11.3 Å². The topological polar surface area (TPSA) is 58.4 Å². The van der Waals surface area contributed by atoms with Gasteiger partial charge in [0, 0.05) is 42.5 Å². The second-order valence-corrected chi connectivity index (χ2v) is 9.49. The molecule has 2 aromatic heterocycles. The molecule has 0 N–H and O–H groups in total. The molecule has 1 saturated carbocycles. The number of hydrogen-bond acceptors (Lipinski definition) is 4. The van der Waals surface area contributed by atoms with E-state index in [1.807, 2.05) is 51.7 Å². The fraction of sp³-hybridized carbons (Fsp3) is 0.409. The fourth-order valence-electron chi connectivity index (χ4n) is 3.99. The number of benzene rings is 1. The van der Waals surface area contributed by atoms with Crippen LogP contribution in [0.5, 0.6) is 0 Å². The van der Waals surface area contributed by atoms with Crippen molar-refractivity contribution in [2.24, 2.45) is 5.92 Å². The molecule has 1 aliphatic heterocycles. The van der Waals surface area contributed by atoms with E-state index in [1.54, 1.807) is 0 Å². The summed E-state index contributed by atoms with van der Waals surface area (Å²) in [5.41, 5.74) is 1.91. The summed E-state index contributed by atoms with van der Waals surface area (Å²) in [6.45, 7) is 4.98. The van der Waals surface area contributed by atoms with Crippen LogP contribution >= 0.6 is 22.9 Å². The number of amides is 2. The SMILES string of the molecule is Cc1nn(Cc2ccccc2Cl)c2sc(C(=O)N3CCN(C(=O)C4CC4)CC3)cc12. The number of carbonyl (C=O) groups excluding carboxylic acids is 2. The van der Waals surface area contributed by atoms with Crippen LogP contribution in [0.1, 0.15) is 33.8 Å². The van der Waals surface area contributed by atoms with Gasteiger partial charge >= 0.3 is 0 Å². The van der Waals surface area contributed by atoms with E-state index in [0.29, 0.717) is 37.7 Å². The summed E-state index contributed by atoms with van der Waals surface area (Å²) in [6, 6.07) is 9.70. The molecular formula is C22H23ClN4O2S. The molecule has 0 bridgehead atoms. The average molecular weight is 443 g/mol. The van der Waals surface area contributed by atoms with Crippen LogP contribution in [0.2, 0.25) is 5.02 Å². The number of nitrogens with zero attached hydrogens (tertiary/aromatic N) is 4. The van der Waals surface area contributed by atoms with Crippen molar-refractivity contribution in [1.82, 2.24) is 19.6 Å². The maximum atomic E-state index is 13.1. The van der Waals surface area contributed by atoms with Crippen molar-refractivity contribution in [3.05, 3.63) is 51.5 Å². The maximum Gasteiger partial charge on any atom is 0.264 e. The third-order valence-corrected chi connectivity index (χ3v) is 7.41. The molecule has 1 aliphatic carbocycles.